The third-order valence-electron chi connectivity index (χ3n) is 4.68. The molecule has 0 bridgehead atoms. The van der Waals surface area contributed by atoms with E-state index in [4.69, 9.17) is 4.98 Å². The summed E-state index contributed by atoms with van der Waals surface area (Å²) in [6, 6.07) is 16.3. The largest absolute Gasteiger partial charge is 0.292 e. The van der Waals surface area contributed by atoms with Gasteiger partial charge in [-0.15, -0.1) is 11.3 Å². The van der Waals surface area contributed by atoms with Crippen molar-refractivity contribution in [1.29, 1.82) is 0 Å². The van der Waals surface area contributed by atoms with Crippen molar-refractivity contribution < 1.29 is 4.39 Å². The molecule has 0 radical (unpaired) electrons. The van der Waals surface area contributed by atoms with Crippen LogP contribution >= 0.6 is 11.3 Å². The molecule has 0 amide bonds. The van der Waals surface area contributed by atoms with Crippen LogP contribution < -0.4 is 5.56 Å². The minimum atomic E-state index is -0.302. The number of thiophene rings is 1. The van der Waals surface area contributed by atoms with E-state index in [9.17, 15) is 9.18 Å². The Labute approximate surface area is 160 Å². The lowest BCUT2D eigenvalue weighted by Gasteiger charge is -2.12. The van der Waals surface area contributed by atoms with Crippen molar-refractivity contribution in [3.05, 3.63) is 87.0 Å². The number of aryl methyl sites for hydroxylation is 2. The van der Waals surface area contributed by atoms with Crippen LogP contribution in [0.3, 0.4) is 0 Å². The Bertz CT molecular complexity index is 1180. The van der Waals surface area contributed by atoms with Crippen LogP contribution in [0.2, 0.25) is 0 Å². The van der Waals surface area contributed by atoms with E-state index in [1.54, 1.807) is 22.0 Å². The van der Waals surface area contributed by atoms with Crippen LogP contribution in [0.25, 0.3) is 21.3 Å². The van der Waals surface area contributed by atoms with Crippen molar-refractivity contribution in [2.75, 3.05) is 0 Å². The molecule has 0 aliphatic heterocycles. The van der Waals surface area contributed by atoms with Gasteiger partial charge in [-0.1, -0.05) is 49.4 Å². The molecule has 3 nitrogen and oxygen atoms in total. The molecule has 0 N–H and O–H groups in total. The highest BCUT2D eigenvalue weighted by atomic mass is 32.1. The third kappa shape index (κ3) is 3.19. The van der Waals surface area contributed by atoms with Crippen molar-refractivity contribution >= 4 is 21.6 Å². The van der Waals surface area contributed by atoms with Gasteiger partial charge in [0.25, 0.3) is 5.56 Å². The van der Waals surface area contributed by atoms with E-state index in [2.05, 4.69) is 0 Å². The number of fused-ring (bicyclic) bond motifs is 1. The number of benzene rings is 2. The number of aromatic nitrogens is 2. The topological polar surface area (TPSA) is 34.9 Å². The number of hydrogen-bond donors (Lipinski definition) is 0. The van der Waals surface area contributed by atoms with Gasteiger partial charge in [-0.25, -0.2) is 9.37 Å². The van der Waals surface area contributed by atoms with Crippen LogP contribution in [0, 0.1) is 12.7 Å². The number of rotatable bonds is 4. The normalized spacial score (nSPS) is 11.2. The highest BCUT2D eigenvalue weighted by Crippen LogP contribution is 2.35. The van der Waals surface area contributed by atoms with Crippen LogP contribution in [0.4, 0.5) is 4.39 Å². The van der Waals surface area contributed by atoms with Crippen molar-refractivity contribution in [3.63, 3.8) is 0 Å². The van der Waals surface area contributed by atoms with E-state index in [1.165, 1.54) is 12.1 Å². The van der Waals surface area contributed by atoms with Crippen molar-refractivity contribution in [1.82, 2.24) is 9.55 Å². The summed E-state index contributed by atoms with van der Waals surface area (Å²) in [7, 11) is 0. The van der Waals surface area contributed by atoms with Gasteiger partial charge < -0.3 is 0 Å². The van der Waals surface area contributed by atoms with Crippen LogP contribution in [0.15, 0.2) is 59.4 Å². The maximum atomic E-state index is 13.6. The summed E-state index contributed by atoms with van der Waals surface area (Å²) in [6.45, 7) is 4.32. The highest BCUT2D eigenvalue weighted by molar-refractivity contribution is 7.19. The summed E-state index contributed by atoms with van der Waals surface area (Å²) in [5.41, 5.74) is 2.65. The Balaban J connectivity index is 1.96. The summed E-state index contributed by atoms with van der Waals surface area (Å²) in [5, 5.41) is 0.650. The molecule has 0 unspecified atom stereocenters. The fourth-order valence-corrected chi connectivity index (χ4v) is 4.49. The van der Waals surface area contributed by atoms with Gasteiger partial charge in [0.2, 0.25) is 0 Å². The van der Waals surface area contributed by atoms with E-state index in [1.807, 2.05) is 50.2 Å². The first-order chi connectivity index (χ1) is 13.1. The summed E-state index contributed by atoms with van der Waals surface area (Å²) >= 11 is 1.55. The lowest BCUT2D eigenvalue weighted by molar-refractivity contribution is 0.620. The first-order valence-electron chi connectivity index (χ1n) is 8.91. The lowest BCUT2D eigenvalue weighted by atomic mass is 10.0. The Morgan fingerprint density at radius 2 is 1.89 bits per heavy atom. The predicted octanol–water partition coefficient (Wildman–Crippen LogP) is 5.18. The molecule has 0 spiro atoms. The van der Waals surface area contributed by atoms with Crippen LogP contribution in [-0.2, 0) is 13.0 Å². The molecular weight excluding hydrogens is 359 g/mol. The molecule has 0 aliphatic rings. The minimum absolute atomic E-state index is 0.0654. The van der Waals surface area contributed by atoms with Crippen molar-refractivity contribution in [2.24, 2.45) is 0 Å². The number of nitrogens with zero attached hydrogens (tertiary/aromatic N) is 2. The van der Waals surface area contributed by atoms with Gasteiger partial charge in [-0.2, -0.15) is 0 Å². The fourth-order valence-electron chi connectivity index (χ4n) is 3.44. The Kier molecular flexibility index (Phi) is 4.62. The van der Waals surface area contributed by atoms with Gasteiger partial charge >= 0.3 is 0 Å². The molecular formula is C22H19FN2OS. The molecule has 2 aromatic carbocycles. The Hall–Kier alpha value is -2.79. The number of halogens is 1. The molecule has 2 aromatic heterocycles. The van der Waals surface area contributed by atoms with Gasteiger partial charge in [0, 0.05) is 16.9 Å². The highest BCUT2D eigenvalue weighted by Gasteiger charge is 2.19. The van der Waals surface area contributed by atoms with Crippen LogP contribution in [0.1, 0.15) is 23.2 Å². The minimum Gasteiger partial charge on any atom is -0.292 e. The summed E-state index contributed by atoms with van der Waals surface area (Å²) in [6.07, 6.45) is 0.637. The maximum Gasteiger partial charge on any atom is 0.263 e. The van der Waals surface area contributed by atoms with Gasteiger partial charge in [-0.3, -0.25) is 9.36 Å². The zero-order valence-electron chi connectivity index (χ0n) is 15.2. The van der Waals surface area contributed by atoms with Crippen molar-refractivity contribution in [2.45, 2.75) is 26.8 Å². The molecule has 4 aromatic rings. The molecule has 136 valence electrons. The Morgan fingerprint density at radius 3 is 2.59 bits per heavy atom. The van der Waals surface area contributed by atoms with Crippen LogP contribution in [-0.4, -0.2) is 9.55 Å². The second-order valence-corrected chi connectivity index (χ2v) is 7.69. The van der Waals surface area contributed by atoms with Gasteiger partial charge in [0.05, 0.1) is 11.9 Å². The lowest BCUT2D eigenvalue weighted by Crippen LogP contribution is -2.25. The molecule has 0 fully saturated rings. The monoisotopic (exact) mass is 378 g/mol. The van der Waals surface area contributed by atoms with E-state index in [0.717, 1.165) is 32.2 Å². The maximum absolute atomic E-state index is 13.6. The second-order valence-electron chi connectivity index (χ2n) is 6.48. The smallest absolute Gasteiger partial charge is 0.263 e. The SMILES string of the molecule is CCc1nc2sc(C)c(-c3ccccc3)c2c(=O)n1Cc1cccc(F)c1. The average Bonchev–Trinajstić information content (AvgIpc) is 3.00. The van der Waals surface area contributed by atoms with Gasteiger partial charge in [-0.05, 0) is 30.2 Å². The molecule has 0 saturated carbocycles. The average molecular weight is 378 g/mol. The van der Waals surface area contributed by atoms with E-state index in [-0.39, 0.29) is 11.4 Å². The van der Waals surface area contributed by atoms with E-state index >= 15 is 0 Å². The van der Waals surface area contributed by atoms with E-state index in [0.29, 0.717) is 18.4 Å². The zero-order valence-corrected chi connectivity index (χ0v) is 16.0. The molecule has 0 saturated heterocycles. The van der Waals surface area contributed by atoms with Crippen molar-refractivity contribution in [3.8, 4) is 11.1 Å². The summed E-state index contributed by atoms with van der Waals surface area (Å²) in [4.78, 5) is 20.1. The third-order valence-corrected chi connectivity index (χ3v) is 5.67. The first-order valence-corrected chi connectivity index (χ1v) is 9.72. The van der Waals surface area contributed by atoms with Crippen LogP contribution in [0.5, 0.6) is 0 Å². The summed E-state index contributed by atoms with van der Waals surface area (Å²) < 4.78 is 15.3. The first kappa shape index (κ1) is 17.6. The second kappa shape index (κ2) is 7.08. The standard InChI is InChI=1S/C22H19FN2OS/c1-3-18-24-21-20(19(14(2)27-21)16-9-5-4-6-10-16)22(26)25(18)13-15-8-7-11-17(23)12-15/h4-12H,3,13H2,1-2H3. The molecule has 27 heavy (non-hydrogen) atoms. The van der Waals surface area contributed by atoms with E-state index < -0.39 is 0 Å². The van der Waals surface area contributed by atoms with Gasteiger partial charge in [0.1, 0.15) is 16.5 Å². The van der Waals surface area contributed by atoms with Gasteiger partial charge in [0.15, 0.2) is 0 Å². The molecule has 5 heteroatoms. The quantitative estimate of drug-likeness (QED) is 0.490. The molecule has 4 rings (SSSR count). The molecule has 2 heterocycles. The fraction of sp³-hybridized carbons (Fsp3) is 0.182. The summed E-state index contributed by atoms with van der Waals surface area (Å²) in [5.74, 6) is 0.418. The number of hydrogen-bond acceptors (Lipinski definition) is 3. The molecule has 0 aliphatic carbocycles. The predicted molar refractivity (Wildman–Crippen MR) is 109 cm³/mol. The molecule has 0 atom stereocenters. The zero-order chi connectivity index (χ0) is 19.0. The Morgan fingerprint density at radius 1 is 1.11 bits per heavy atom.